The topological polar surface area (TPSA) is 48.3 Å². The van der Waals surface area contributed by atoms with Crippen LogP contribution in [0.5, 0.6) is 0 Å². The Morgan fingerprint density at radius 2 is 2.16 bits per heavy atom. The first kappa shape index (κ1) is 16.4. The summed E-state index contributed by atoms with van der Waals surface area (Å²) in [5, 5.41) is 12.5. The highest BCUT2D eigenvalue weighted by Crippen LogP contribution is 2.16. The molecule has 1 heterocycles. The summed E-state index contributed by atoms with van der Waals surface area (Å²) < 4.78 is 5.64. The zero-order valence-electron chi connectivity index (χ0n) is 12.9. The summed E-state index contributed by atoms with van der Waals surface area (Å²) in [4.78, 5) is 2.51. The Hall–Kier alpha value is -0.630. The molecule has 0 aromatic carbocycles. The Balaban J connectivity index is 2.24. The minimum atomic E-state index is -0.362. The van der Waals surface area contributed by atoms with Gasteiger partial charge in [0, 0.05) is 12.6 Å². The molecule has 1 fully saturated rings. The van der Waals surface area contributed by atoms with Gasteiger partial charge in [-0.3, -0.25) is 10.2 Å². The van der Waals surface area contributed by atoms with Crippen molar-refractivity contribution in [3.8, 4) is 6.07 Å². The molecule has 3 atom stereocenters. The molecule has 0 aliphatic carbocycles. The first-order valence-corrected chi connectivity index (χ1v) is 7.52. The minimum absolute atomic E-state index is 0.349. The average Bonchev–Trinajstić information content (AvgIpc) is 2.39. The Labute approximate surface area is 118 Å². The standard InChI is InChI=1S/C15H29N3O/c1-5-17-15(4,12-16)8-6-7-9-18-10-14(3)19-11-13(18)2/h13-14,17H,5-11H2,1-4H3. The van der Waals surface area contributed by atoms with E-state index in [1.165, 1.54) is 0 Å². The second-order valence-electron chi connectivity index (χ2n) is 5.92. The van der Waals surface area contributed by atoms with E-state index in [1.54, 1.807) is 0 Å². The van der Waals surface area contributed by atoms with Gasteiger partial charge in [-0.25, -0.2) is 0 Å². The molecule has 1 N–H and O–H groups in total. The number of unbranched alkanes of at least 4 members (excludes halogenated alkanes) is 1. The summed E-state index contributed by atoms with van der Waals surface area (Å²) in [6.45, 7) is 12.2. The van der Waals surface area contributed by atoms with E-state index in [9.17, 15) is 5.26 Å². The normalized spacial score (nSPS) is 27.7. The molecule has 1 rings (SSSR count). The van der Waals surface area contributed by atoms with Crippen LogP contribution in [0.25, 0.3) is 0 Å². The lowest BCUT2D eigenvalue weighted by molar-refractivity contribution is -0.0497. The maximum absolute atomic E-state index is 9.20. The van der Waals surface area contributed by atoms with Crippen LogP contribution < -0.4 is 5.32 Å². The van der Waals surface area contributed by atoms with Crippen LogP contribution in [0.1, 0.15) is 47.0 Å². The van der Waals surface area contributed by atoms with E-state index in [4.69, 9.17) is 4.74 Å². The van der Waals surface area contributed by atoms with Gasteiger partial charge < -0.3 is 4.74 Å². The maximum atomic E-state index is 9.20. The van der Waals surface area contributed by atoms with Crippen LogP contribution >= 0.6 is 0 Å². The van der Waals surface area contributed by atoms with Crippen LogP contribution in [0, 0.1) is 11.3 Å². The fourth-order valence-electron chi connectivity index (χ4n) is 2.65. The fraction of sp³-hybridized carbons (Fsp3) is 0.933. The van der Waals surface area contributed by atoms with E-state index in [1.807, 2.05) is 13.8 Å². The molecule has 4 heteroatoms. The predicted molar refractivity (Wildman–Crippen MR) is 78.0 cm³/mol. The zero-order valence-corrected chi connectivity index (χ0v) is 12.9. The smallest absolute Gasteiger partial charge is 0.103 e. The monoisotopic (exact) mass is 267 g/mol. The largest absolute Gasteiger partial charge is 0.376 e. The third-order valence-corrected chi connectivity index (χ3v) is 3.92. The van der Waals surface area contributed by atoms with Gasteiger partial charge in [0.1, 0.15) is 5.54 Å². The van der Waals surface area contributed by atoms with Crippen molar-refractivity contribution in [1.29, 1.82) is 5.26 Å². The van der Waals surface area contributed by atoms with Gasteiger partial charge in [0.15, 0.2) is 0 Å². The minimum Gasteiger partial charge on any atom is -0.376 e. The number of hydrogen-bond acceptors (Lipinski definition) is 4. The van der Waals surface area contributed by atoms with Gasteiger partial charge in [0.25, 0.3) is 0 Å². The third kappa shape index (κ3) is 5.48. The van der Waals surface area contributed by atoms with Gasteiger partial charge >= 0.3 is 0 Å². The van der Waals surface area contributed by atoms with Crippen LogP contribution in [0.3, 0.4) is 0 Å². The molecule has 0 radical (unpaired) electrons. The molecule has 3 unspecified atom stereocenters. The van der Waals surface area contributed by atoms with Crippen molar-refractivity contribution in [2.24, 2.45) is 0 Å². The number of nitrogens with one attached hydrogen (secondary N) is 1. The van der Waals surface area contributed by atoms with Crippen molar-refractivity contribution < 1.29 is 4.74 Å². The van der Waals surface area contributed by atoms with Crippen LogP contribution in [0.2, 0.25) is 0 Å². The summed E-state index contributed by atoms with van der Waals surface area (Å²) in [5.74, 6) is 0. The van der Waals surface area contributed by atoms with Crippen molar-refractivity contribution >= 4 is 0 Å². The molecule has 0 aromatic rings. The van der Waals surface area contributed by atoms with Gasteiger partial charge in [-0.1, -0.05) is 6.92 Å². The molecule has 110 valence electrons. The number of hydrogen-bond donors (Lipinski definition) is 1. The van der Waals surface area contributed by atoms with Crippen LogP contribution in [0.4, 0.5) is 0 Å². The van der Waals surface area contributed by atoms with Crippen LogP contribution in [-0.2, 0) is 4.74 Å². The molecule has 0 spiro atoms. The molecule has 0 bridgehead atoms. The molecule has 0 aromatic heterocycles. The maximum Gasteiger partial charge on any atom is 0.103 e. The Kier molecular flexibility index (Phi) is 6.78. The summed E-state index contributed by atoms with van der Waals surface area (Å²) in [6, 6.07) is 2.91. The SMILES string of the molecule is CCNC(C)(C#N)CCCCN1CC(C)OCC1C. The highest BCUT2D eigenvalue weighted by molar-refractivity contribution is 5.03. The van der Waals surface area contributed by atoms with Crippen molar-refractivity contribution in [3.63, 3.8) is 0 Å². The predicted octanol–water partition coefficient (Wildman–Crippen LogP) is 2.16. The van der Waals surface area contributed by atoms with Gasteiger partial charge in [-0.2, -0.15) is 5.26 Å². The van der Waals surface area contributed by atoms with Gasteiger partial charge in [0.05, 0.1) is 18.8 Å². The summed E-state index contributed by atoms with van der Waals surface area (Å²) in [6.07, 6.45) is 3.52. The van der Waals surface area contributed by atoms with Crippen molar-refractivity contribution in [2.45, 2.75) is 64.6 Å². The molecule has 1 aliphatic rings. The van der Waals surface area contributed by atoms with Crippen LogP contribution in [0.15, 0.2) is 0 Å². The third-order valence-electron chi connectivity index (χ3n) is 3.92. The number of morpholine rings is 1. The zero-order chi connectivity index (χ0) is 14.3. The van der Waals surface area contributed by atoms with E-state index in [0.717, 1.165) is 45.5 Å². The van der Waals surface area contributed by atoms with E-state index >= 15 is 0 Å². The first-order chi connectivity index (χ1) is 9.00. The lowest BCUT2D eigenvalue weighted by Gasteiger charge is -2.36. The Bertz CT molecular complexity index is 302. The summed E-state index contributed by atoms with van der Waals surface area (Å²) in [5.41, 5.74) is -0.362. The Morgan fingerprint density at radius 1 is 1.42 bits per heavy atom. The second-order valence-corrected chi connectivity index (χ2v) is 5.92. The summed E-state index contributed by atoms with van der Waals surface area (Å²) >= 11 is 0. The van der Waals surface area contributed by atoms with Crippen LogP contribution in [-0.4, -0.2) is 48.8 Å². The summed E-state index contributed by atoms with van der Waals surface area (Å²) in [7, 11) is 0. The molecule has 19 heavy (non-hydrogen) atoms. The van der Waals surface area contributed by atoms with E-state index in [2.05, 4.69) is 30.1 Å². The van der Waals surface area contributed by atoms with Gasteiger partial charge in [-0.05, 0) is 53.1 Å². The average molecular weight is 267 g/mol. The first-order valence-electron chi connectivity index (χ1n) is 7.52. The quantitative estimate of drug-likeness (QED) is 0.718. The number of nitriles is 1. The number of ether oxygens (including phenoxy) is 1. The van der Waals surface area contributed by atoms with Crippen molar-refractivity contribution in [1.82, 2.24) is 10.2 Å². The molecule has 1 aliphatic heterocycles. The van der Waals surface area contributed by atoms with Gasteiger partial charge in [0.2, 0.25) is 0 Å². The number of nitrogens with zero attached hydrogens (tertiary/aromatic N) is 2. The highest BCUT2D eigenvalue weighted by atomic mass is 16.5. The molecule has 1 saturated heterocycles. The lowest BCUT2D eigenvalue weighted by Crippen LogP contribution is -2.47. The van der Waals surface area contributed by atoms with Crippen molar-refractivity contribution in [3.05, 3.63) is 0 Å². The number of rotatable bonds is 7. The molecular formula is C15H29N3O. The van der Waals surface area contributed by atoms with Crippen molar-refractivity contribution in [2.75, 3.05) is 26.2 Å². The molecule has 0 amide bonds. The lowest BCUT2D eigenvalue weighted by atomic mass is 9.96. The fourth-order valence-corrected chi connectivity index (χ4v) is 2.65. The van der Waals surface area contributed by atoms with E-state index in [0.29, 0.717) is 12.1 Å². The highest BCUT2D eigenvalue weighted by Gasteiger charge is 2.24. The van der Waals surface area contributed by atoms with Gasteiger partial charge in [-0.15, -0.1) is 0 Å². The van der Waals surface area contributed by atoms with E-state index < -0.39 is 0 Å². The molecule has 4 nitrogen and oxygen atoms in total. The second kappa shape index (κ2) is 7.84. The molecule has 0 saturated carbocycles. The Morgan fingerprint density at radius 3 is 2.79 bits per heavy atom. The van der Waals surface area contributed by atoms with E-state index in [-0.39, 0.29) is 5.54 Å². The molecular weight excluding hydrogens is 238 g/mol.